The summed E-state index contributed by atoms with van der Waals surface area (Å²) in [6, 6.07) is 11.5. The minimum atomic E-state index is -0.114. The first-order valence-electron chi connectivity index (χ1n) is 11.2. The van der Waals surface area contributed by atoms with Gasteiger partial charge in [0.1, 0.15) is 12.1 Å². The van der Waals surface area contributed by atoms with Gasteiger partial charge in [-0.25, -0.2) is 14.8 Å². The zero-order valence-corrected chi connectivity index (χ0v) is 18.8. The predicted octanol–water partition coefficient (Wildman–Crippen LogP) is 2.30. The number of carbonyl (C=O) groups is 2. The SMILES string of the molecule is CCc1ccccc1NC(=O)CN1CCN(C(=O)NCc2cccnc2-n2ccnc2)CC1. The maximum Gasteiger partial charge on any atom is 0.317 e. The number of nitrogens with zero attached hydrogens (tertiary/aromatic N) is 5. The highest BCUT2D eigenvalue weighted by molar-refractivity contribution is 5.93. The molecule has 4 rings (SSSR count). The number of aryl methyl sites for hydroxylation is 1. The maximum absolute atomic E-state index is 12.7. The Morgan fingerprint density at radius 1 is 1.00 bits per heavy atom. The molecule has 1 saturated heterocycles. The van der Waals surface area contributed by atoms with Crippen molar-refractivity contribution in [2.24, 2.45) is 0 Å². The molecule has 3 aromatic rings. The highest BCUT2D eigenvalue weighted by Gasteiger charge is 2.22. The van der Waals surface area contributed by atoms with E-state index in [9.17, 15) is 9.59 Å². The molecule has 0 saturated carbocycles. The summed E-state index contributed by atoms with van der Waals surface area (Å²) >= 11 is 0. The monoisotopic (exact) mass is 447 g/mol. The van der Waals surface area contributed by atoms with Crippen LogP contribution >= 0.6 is 0 Å². The van der Waals surface area contributed by atoms with E-state index in [0.717, 1.165) is 29.1 Å². The number of hydrogen-bond donors (Lipinski definition) is 2. The number of para-hydroxylation sites is 1. The second kappa shape index (κ2) is 10.7. The van der Waals surface area contributed by atoms with Crippen molar-refractivity contribution in [2.45, 2.75) is 19.9 Å². The lowest BCUT2D eigenvalue weighted by molar-refractivity contribution is -0.117. The van der Waals surface area contributed by atoms with Gasteiger partial charge in [0, 0.05) is 62.6 Å². The number of amides is 3. The lowest BCUT2D eigenvalue weighted by Crippen LogP contribution is -2.52. The maximum atomic E-state index is 12.7. The quantitative estimate of drug-likeness (QED) is 0.580. The van der Waals surface area contributed by atoms with Gasteiger partial charge in [-0.2, -0.15) is 0 Å². The van der Waals surface area contributed by atoms with Gasteiger partial charge < -0.3 is 15.5 Å². The van der Waals surface area contributed by atoms with Crippen molar-refractivity contribution in [1.29, 1.82) is 0 Å². The average molecular weight is 448 g/mol. The fourth-order valence-corrected chi connectivity index (χ4v) is 3.92. The molecule has 0 spiro atoms. The molecule has 1 aliphatic heterocycles. The highest BCUT2D eigenvalue weighted by Crippen LogP contribution is 2.15. The lowest BCUT2D eigenvalue weighted by Gasteiger charge is -2.34. The van der Waals surface area contributed by atoms with E-state index in [1.165, 1.54) is 0 Å². The molecule has 2 N–H and O–H groups in total. The molecule has 3 heterocycles. The summed E-state index contributed by atoms with van der Waals surface area (Å²) in [7, 11) is 0. The summed E-state index contributed by atoms with van der Waals surface area (Å²) in [5, 5.41) is 6.00. The van der Waals surface area contributed by atoms with E-state index < -0.39 is 0 Å². The van der Waals surface area contributed by atoms with Crippen molar-refractivity contribution < 1.29 is 9.59 Å². The van der Waals surface area contributed by atoms with Crippen molar-refractivity contribution in [3.05, 3.63) is 72.4 Å². The first-order valence-corrected chi connectivity index (χ1v) is 11.2. The molecule has 2 aromatic heterocycles. The molecule has 0 bridgehead atoms. The topological polar surface area (TPSA) is 95.4 Å². The van der Waals surface area contributed by atoms with Crippen LogP contribution in [0.1, 0.15) is 18.1 Å². The molecule has 9 heteroatoms. The van der Waals surface area contributed by atoms with Crippen LogP contribution in [-0.2, 0) is 17.8 Å². The number of anilines is 1. The number of benzene rings is 1. The van der Waals surface area contributed by atoms with Crippen LogP contribution in [0.3, 0.4) is 0 Å². The molecular formula is C24H29N7O2. The van der Waals surface area contributed by atoms with Crippen LogP contribution < -0.4 is 10.6 Å². The Labute approximate surface area is 193 Å². The van der Waals surface area contributed by atoms with Gasteiger partial charge in [0.25, 0.3) is 0 Å². The summed E-state index contributed by atoms with van der Waals surface area (Å²) < 4.78 is 1.82. The van der Waals surface area contributed by atoms with E-state index in [1.54, 1.807) is 23.6 Å². The third-order valence-corrected chi connectivity index (χ3v) is 5.75. The standard InChI is InChI=1S/C24H29N7O2/c1-2-19-6-3-4-8-21(19)28-22(32)17-29-12-14-30(15-13-29)24(33)27-16-20-7-5-9-26-23(20)31-11-10-25-18-31/h3-11,18H,2,12-17H2,1H3,(H,27,33)(H,28,32). The van der Waals surface area contributed by atoms with Crippen LogP contribution in [0.15, 0.2) is 61.3 Å². The number of imidazole rings is 1. The molecular weight excluding hydrogens is 418 g/mol. The highest BCUT2D eigenvalue weighted by atomic mass is 16.2. The number of aromatic nitrogens is 3. The largest absolute Gasteiger partial charge is 0.334 e. The Kier molecular flexibility index (Phi) is 7.31. The lowest BCUT2D eigenvalue weighted by atomic mass is 10.1. The van der Waals surface area contributed by atoms with Crippen LogP contribution in [0.4, 0.5) is 10.5 Å². The van der Waals surface area contributed by atoms with E-state index in [4.69, 9.17) is 0 Å². The number of carbonyl (C=O) groups excluding carboxylic acids is 2. The third kappa shape index (κ3) is 5.75. The van der Waals surface area contributed by atoms with Crippen LogP contribution in [0, 0.1) is 0 Å². The van der Waals surface area contributed by atoms with Gasteiger partial charge in [0.05, 0.1) is 6.54 Å². The zero-order chi connectivity index (χ0) is 23.0. The summed E-state index contributed by atoms with van der Waals surface area (Å²) in [6.07, 6.45) is 7.79. The molecule has 0 aliphatic carbocycles. The second-order valence-corrected chi connectivity index (χ2v) is 7.94. The summed E-state index contributed by atoms with van der Waals surface area (Å²) in [6.45, 7) is 5.23. The number of pyridine rings is 1. The van der Waals surface area contributed by atoms with Crippen molar-refractivity contribution in [3.63, 3.8) is 0 Å². The van der Waals surface area contributed by atoms with E-state index in [0.29, 0.717) is 39.3 Å². The fourth-order valence-electron chi connectivity index (χ4n) is 3.92. The number of nitrogens with one attached hydrogen (secondary N) is 2. The molecule has 9 nitrogen and oxygen atoms in total. The van der Waals surface area contributed by atoms with Gasteiger partial charge >= 0.3 is 6.03 Å². The third-order valence-electron chi connectivity index (χ3n) is 5.75. The van der Waals surface area contributed by atoms with Gasteiger partial charge in [0.15, 0.2) is 0 Å². The summed E-state index contributed by atoms with van der Waals surface area (Å²) in [4.78, 5) is 37.5. The Balaban J connectivity index is 1.24. The molecule has 0 radical (unpaired) electrons. The molecule has 0 atom stereocenters. The molecule has 3 amide bonds. The minimum Gasteiger partial charge on any atom is -0.334 e. The van der Waals surface area contributed by atoms with E-state index in [2.05, 4.69) is 32.4 Å². The predicted molar refractivity (Wildman–Crippen MR) is 126 cm³/mol. The number of piperazine rings is 1. The van der Waals surface area contributed by atoms with Crippen LogP contribution in [0.5, 0.6) is 0 Å². The average Bonchev–Trinajstić information content (AvgIpc) is 3.38. The Morgan fingerprint density at radius 3 is 2.55 bits per heavy atom. The smallest absolute Gasteiger partial charge is 0.317 e. The fraction of sp³-hybridized carbons (Fsp3) is 0.333. The van der Waals surface area contributed by atoms with Crippen molar-refractivity contribution in [3.8, 4) is 5.82 Å². The van der Waals surface area contributed by atoms with Crippen molar-refractivity contribution in [1.82, 2.24) is 29.7 Å². The Morgan fingerprint density at radius 2 is 1.79 bits per heavy atom. The molecule has 1 aliphatic rings. The Bertz CT molecular complexity index is 1080. The van der Waals surface area contributed by atoms with Crippen LogP contribution in [0.25, 0.3) is 5.82 Å². The van der Waals surface area contributed by atoms with E-state index in [1.807, 2.05) is 47.2 Å². The Hall–Kier alpha value is -3.72. The first-order chi connectivity index (χ1) is 16.1. The molecule has 1 fully saturated rings. The summed E-state index contributed by atoms with van der Waals surface area (Å²) in [5.74, 6) is 0.716. The van der Waals surface area contributed by atoms with Gasteiger partial charge in [0.2, 0.25) is 5.91 Å². The van der Waals surface area contributed by atoms with Gasteiger partial charge in [-0.1, -0.05) is 31.2 Å². The summed E-state index contributed by atoms with van der Waals surface area (Å²) in [5.41, 5.74) is 2.90. The zero-order valence-electron chi connectivity index (χ0n) is 18.8. The molecule has 0 unspecified atom stereocenters. The van der Waals surface area contributed by atoms with E-state index in [-0.39, 0.29) is 11.9 Å². The number of rotatable bonds is 7. The number of hydrogen-bond acceptors (Lipinski definition) is 5. The second-order valence-electron chi connectivity index (χ2n) is 7.94. The van der Waals surface area contributed by atoms with Gasteiger partial charge in [-0.15, -0.1) is 0 Å². The van der Waals surface area contributed by atoms with Gasteiger partial charge in [-0.3, -0.25) is 14.3 Å². The van der Waals surface area contributed by atoms with E-state index >= 15 is 0 Å². The minimum absolute atomic E-state index is 0.0302. The number of urea groups is 1. The van der Waals surface area contributed by atoms with Crippen molar-refractivity contribution >= 4 is 17.6 Å². The first kappa shape index (κ1) is 22.5. The van der Waals surface area contributed by atoms with Crippen LogP contribution in [0.2, 0.25) is 0 Å². The molecule has 33 heavy (non-hydrogen) atoms. The normalized spacial score (nSPS) is 14.2. The van der Waals surface area contributed by atoms with Gasteiger partial charge in [-0.05, 0) is 24.1 Å². The molecule has 172 valence electrons. The van der Waals surface area contributed by atoms with Crippen LogP contribution in [-0.4, -0.2) is 69.0 Å². The molecule has 1 aromatic carbocycles. The van der Waals surface area contributed by atoms with Crippen molar-refractivity contribution in [2.75, 3.05) is 38.0 Å².